The summed E-state index contributed by atoms with van der Waals surface area (Å²) in [5.41, 5.74) is 0.411. The molecular formula is C19H20ClNO4S2. The molecule has 2 aromatic carbocycles. The minimum atomic E-state index is -3.85. The van der Waals surface area contributed by atoms with Crippen molar-refractivity contribution in [2.24, 2.45) is 0 Å². The zero-order valence-corrected chi connectivity index (χ0v) is 17.4. The van der Waals surface area contributed by atoms with Crippen LogP contribution in [0.15, 0.2) is 64.9 Å². The van der Waals surface area contributed by atoms with Gasteiger partial charge in [-0.3, -0.25) is 4.31 Å². The van der Waals surface area contributed by atoms with Crippen LogP contribution >= 0.6 is 23.4 Å². The number of benzene rings is 2. The minimum absolute atomic E-state index is 0.0382. The van der Waals surface area contributed by atoms with Crippen molar-refractivity contribution >= 4 is 45.0 Å². The zero-order valence-electron chi connectivity index (χ0n) is 15.0. The Kier molecular flexibility index (Phi) is 7.35. The first kappa shape index (κ1) is 21.3. The Balaban J connectivity index is 2.51. The molecule has 0 saturated carbocycles. The first-order valence-electron chi connectivity index (χ1n) is 8.09. The smallest absolute Gasteiger partial charge is 0.339 e. The average molecular weight is 426 g/mol. The van der Waals surface area contributed by atoms with E-state index >= 15 is 0 Å². The van der Waals surface area contributed by atoms with Gasteiger partial charge in [0, 0.05) is 4.90 Å². The molecule has 2 rings (SSSR count). The highest BCUT2D eigenvalue weighted by Gasteiger charge is 2.25. The number of carbonyl (C=O) groups is 1. The van der Waals surface area contributed by atoms with E-state index in [1.54, 1.807) is 37.3 Å². The molecule has 0 unspecified atom stereocenters. The third-order valence-corrected chi connectivity index (χ3v) is 6.56. The molecule has 0 N–H and O–H groups in total. The predicted octanol–water partition coefficient (Wildman–Crippen LogP) is 4.62. The van der Waals surface area contributed by atoms with Crippen molar-refractivity contribution in [2.75, 3.05) is 23.7 Å². The second-order valence-electron chi connectivity index (χ2n) is 5.38. The standard InChI is InChI=1S/C19H20ClNO4S2/c1-4-12-21(27(23,24)16-9-7-15(26-3)8-10-16)14-6-11-18(20)17(13-14)19(22)25-5-2/h4,6-11,13H,1,5,12H2,2-3H3. The number of nitrogens with zero attached hydrogens (tertiary/aromatic N) is 1. The maximum Gasteiger partial charge on any atom is 0.339 e. The molecule has 0 aliphatic carbocycles. The maximum absolute atomic E-state index is 13.1. The number of ether oxygens (including phenoxy) is 1. The van der Waals surface area contributed by atoms with Crippen molar-refractivity contribution in [3.05, 3.63) is 65.7 Å². The third-order valence-electron chi connectivity index (χ3n) is 3.68. The van der Waals surface area contributed by atoms with Gasteiger partial charge < -0.3 is 4.74 Å². The molecule has 0 radical (unpaired) electrons. The van der Waals surface area contributed by atoms with Gasteiger partial charge in [-0.2, -0.15) is 0 Å². The Morgan fingerprint density at radius 1 is 1.26 bits per heavy atom. The number of carbonyl (C=O) groups excluding carboxylic acids is 1. The van der Waals surface area contributed by atoms with E-state index in [9.17, 15) is 13.2 Å². The Bertz CT molecular complexity index is 927. The van der Waals surface area contributed by atoms with Gasteiger partial charge in [-0.1, -0.05) is 17.7 Å². The number of thioether (sulfide) groups is 1. The van der Waals surface area contributed by atoms with Gasteiger partial charge in [0.05, 0.1) is 34.3 Å². The van der Waals surface area contributed by atoms with Gasteiger partial charge in [0.15, 0.2) is 0 Å². The lowest BCUT2D eigenvalue weighted by Crippen LogP contribution is -2.31. The summed E-state index contributed by atoms with van der Waals surface area (Å²) in [5, 5.41) is 0.192. The largest absolute Gasteiger partial charge is 0.462 e. The highest BCUT2D eigenvalue weighted by atomic mass is 35.5. The number of sulfonamides is 1. The number of hydrogen-bond acceptors (Lipinski definition) is 5. The molecule has 27 heavy (non-hydrogen) atoms. The van der Waals surface area contributed by atoms with Crippen molar-refractivity contribution in [2.45, 2.75) is 16.7 Å². The molecule has 2 aromatic rings. The van der Waals surface area contributed by atoms with Crippen LogP contribution in [0.4, 0.5) is 5.69 Å². The first-order valence-corrected chi connectivity index (χ1v) is 11.1. The van der Waals surface area contributed by atoms with Gasteiger partial charge in [0.1, 0.15) is 0 Å². The van der Waals surface area contributed by atoms with E-state index in [2.05, 4.69) is 6.58 Å². The Labute approximate surface area is 169 Å². The van der Waals surface area contributed by atoms with Crippen molar-refractivity contribution in [1.29, 1.82) is 0 Å². The molecule has 0 amide bonds. The second kappa shape index (κ2) is 9.30. The zero-order chi connectivity index (χ0) is 20.0. The van der Waals surface area contributed by atoms with Gasteiger partial charge in [-0.15, -0.1) is 18.3 Å². The molecule has 0 fully saturated rings. The van der Waals surface area contributed by atoms with E-state index in [0.717, 1.165) is 4.90 Å². The molecule has 0 heterocycles. The van der Waals surface area contributed by atoms with Gasteiger partial charge in [0.25, 0.3) is 10.0 Å². The lowest BCUT2D eigenvalue weighted by Gasteiger charge is -2.24. The maximum atomic E-state index is 13.1. The summed E-state index contributed by atoms with van der Waals surface area (Å²) in [4.78, 5) is 13.2. The van der Waals surface area contributed by atoms with Crippen LogP contribution in [0, 0.1) is 0 Å². The lowest BCUT2D eigenvalue weighted by atomic mass is 10.2. The van der Waals surface area contributed by atoms with Gasteiger partial charge in [0.2, 0.25) is 0 Å². The van der Waals surface area contributed by atoms with E-state index in [1.807, 2.05) is 6.26 Å². The molecule has 0 aliphatic rings. The molecule has 0 atom stereocenters. The fraction of sp³-hybridized carbons (Fsp3) is 0.211. The van der Waals surface area contributed by atoms with Crippen LogP contribution < -0.4 is 4.31 Å². The third kappa shape index (κ3) is 4.86. The molecule has 5 nitrogen and oxygen atoms in total. The number of hydrogen-bond donors (Lipinski definition) is 0. The van der Waals surface area contributed by atoms with Crippen LogP contribution in [-0.2, 0) is 14.8 Å². The van der Waals surface area contributed by atoms with Gasteiger partial charge in [-0.25, -0.2) is 13.2 Å². The summed E-state index contributed by atoms with van der Waals surface area (Å²) in [6.45, 7) is 5.55. The van der Waals surface area contributed by atoms with Crippen LogP contribution in [0.3, 0.4) is 0 Å². The van der Waals surface area contributed by atoms with E-state index in [4.69, 9.17) is 16.3 Å². The monoisotopic (exact) mass is 425 g/mol. The number of halogens is 1. The fourth-order valence-corrected chi connectivity index (χ4v) is 4.40. The van der Waals surface area contributed by atoms with E-state index in [-0.39, 0.29) is 28.6 Å². The normalized spacial score (nSPS) is 11.1. The van der Waals surface area contributed by atoms with Crippen molar-refractivity contribution in [3.8, 4) is 0 Å². The summed E-state index contributed by atoms with van der Waals surface area (Å²) >= 11 is 7.61. The first-order chi connectivity index (χ1) is 12.8. The Morgan fingerprint density at radius 3 is 2.48 bits per heavy atom. The average Bonchev–Trinajstić information content (AvgIpc) is 2.66. The van der Waals surface area contributed by atoms with Gasteiger partial charge >= 0.3 is 5.97 Å². The Morgan fingerprint density at radius 2 is 1.93 bits per heavy atom. The van der Waals surface area contributed by atoms with Crippen LogP contribution in [0.5, 0.6) is 0 Å². The molecular weight excluding hydrogens is 406 g/mol. The topological polar surface area (TPSA) is 63.7 Å². The van der Waals surface area contributed by atoms with Crippen molar-refractivity contribution in [3.63, 3.8) is 0 Å². The minimum Gasteiger partial charge on any atom is -0.462 e. The summed E-state index contributed by atoms with van der Waals surface area (Å²) in [5.74, 6) is -0.607. The Hall–Kier alpha value is -1.96. The molecule has 0 bridgehead atoms. The van der Waals surface area contributed by atoms with Crippen LogP contribution in [-0.4, -0.2) is 33.8 Å². The fourth-order valence-electron chi connectivity index (χ4n) is 2.37. The molecule has 0 aliphatic heterocycles. The summed E-state index contributed by atoms with van der Waals surface area (Å²) in [7, 11) is -3.85. The SMILES string of the molecule is C=CCN(c1ccc(Cl)c(C(=O)OCC)c1)S(=O)(=O)c1ccc(SC)cc1. The molecule has 0 spiro atoms. The van der Waals surface area contributed by atoms with Crippen molar-refractivity contribution < 1.29 is 17.9 Å². The van der Waals surface area contributed by atoms with Crippen molar-refractivity contribution in [1.82, 2.24) is 0 Å². The molecule has 8 heteroatoms. The van der Waals surface area contributed by atoms with E-state index in [1.165, 1.54) is 34.3 Å². The van der Waals surface area contributed by atoms with E-state index < -0.39 is 16.0 Å². The number of rotatable bonds is 8. The predicted molar refractivity (Wildman–Crippen MR) is 110 cm³/mol. The summed E-state index contributed by atoms with van der Waals surface area (Å²) in [6, 6.07) is 11.0. The van der Waals surface area contributed by atoms with E-state index in [0.29, 0.717) is 5.69 Å². The van der Waals surface area contributed by atoms with Crippen LogP contribution in [0.1, 0.15) is 17.3 Å². The second-order valence-corrected chi connectivity index (χ2v) is 8.53. The lowest BCUT2D eigenvalue weighted by molar-refractivity contribution is 0.0526. The number of esters is 1. The highest BCUT2D eigenvalue weighted by Crippen LogP contribution is 2.29. The quantitative estimate of drug-likeness (QED) is 0.351. The highest BCUT2D eigenvalue weighted by molar-refractivity contribution is 7.98. The van der Waals surface area contributed by atoms with Gasteiger partial charge in [-0.05, 0) is 55.6 Å². The molecule has 0 saturated heterocycles. The number of anilines is 1. The van der Waals surface area contributed by atoms with Crippen LogP contribution in [0.25, 0.3) is 0 Å². The summed E-state index contributed by atoms with van der Waals surface area (Å²) in [6.07, 6.45) is 3.39. The molecule has 144 valence electrons. The molecule has 0 aromatic heterocycles. The summed E-state index contributed by atoms with van der Waals surface area (Å²) < 4.78 is 32.4. The van der Waals surface area contributed by atoms with Crippen LogP contribution in [0.2, 0.25) is 5.02 Å².